The van der Waals surface area contributed by atoms with Gasteiger partial charge in [-0.1, -0.05) is 0 Å². The monoisotopic (exact) mass is 453 g/mol. The first-order valence-corrected chi connectivity index (χ1v) is 9.13. The predicted molar refractivity (Wildman–Crippen MR) is 105 cm³/mol. The Morgan fingerprint density at radius 1 is 1.21 bits per heavy atom. The number of nitrogens with one attached hydrogen (secondary N) is 2. The normalized spacial score (nSPS) is 30.2. The van der Waals surface area contributed by atoms with Crippen LogP contribution >= 0.6 is 24.0 Å². The molecule has 0 aliphatic carbocycles. The molecule has 3 atom stereocenters. The zero-order chi connectivity index (χ0) is 15.9. The van der Waals surface area contributed by atoms with Crippen molar-refractivity contribution in [3.8, 4) is 0 Å². The van der Waals surface area contributed by atoms with E-state index < -0.39 is 0 Å². The molecule has 6 nitrogen and oxygen atoms in total. The van der Waals surface area contributed by atoms with Gasteiger partial charge in [0.1, 0.15) is 0 Å². The lowest BCUT2D eigenvalue weighted by atomic mass is 9.96. The molecule has 3 saturated heterocycles. The summed E-state index contributed by atoms with van der Waals surface area (Å²) in [5.74, 6) is 1.57. The lowest BCUT2D eigenvalue weighted by Gasteiger charge is -2.23. The number of aliphatic imine (C=N–C) groups is 1. The number of nitrogens with zero attached hydrogens (tertiary/aromatic N) is 1. The summed E-state index contributed by atoms with van der Waals surface area (Å²) in [6.07, 6.45) is 7.63. The molecule has 0 aromatic carbocycles. The third-order valence-corrected chi connectivity index (χ3v) is 5.10. The van der Waals surface area contributed by atoms with Gasteiger partial charge in [0.25, 0.3) is 0 Å². The van der Waals surface area contributed by atoms with Crippen molar-refractivity contribution in [1.29, 1.82) is 0 Å². The van der Waals surface area contributed by atoms with Crippen LogP contribution in [0.3, 0.4) is 0 Å². The molecule has 3 fully saturated rings. The highest BCUT2D eigenvalue weighted by molar-refractivity contribution is 14.0. The van der Waals surface area contributed by atoms with Crippen molar-refractivity contribution in [3.05, 3.63) is 0 Å². The highest BCUT2D eigenvalue weighted by Crippen LogP contribution is 2.34. The van der Waals surface area contributed by atoms with Gasteiger partial charge in [-0.05, 0) is 44.4 Å². The van der Waals surface area contributed by atoms with E-state index in [0.717, 1.165) is 64.6 Å². The third-order valence-electron chi connectivity index (χ3n) is 5.10. The standard InChI is InChI=1S/C17H31N3O3.HI/c1-18-17(20-15-11-14-3-4-16(15)23-14)19-7-2-8-22-12-13-5-9-21-10-6-13;/h13-16H,2-12H2,1H3,(H2,18,19,20);1H. The van der Waals surface area contributed by atoms with Gasteiger partial charge < -0.3 is 24.8 Å². The van der Waals surface area contributed by atoms with Crippen molar-refractivity contribution >= 4 is 29.9 Å². The number of halogens is 1. The van der Waals surface area contributed by atoms with E-state index in [2.05, 4.69) is 15.6 Å². The molecule has 0 spiro atoms. The summed E-state index contributed by atoms with van der Waals surface area (Å²) in [6.45, 7) is 4.35. The van der Waals surface area contributed by atoms with Crippen LogP contribution in [-0.4, -0.2) is 64.2 Å². The minimum absolute atomic E-state index is 0. The number of hydrogen-bond donors (Lipinski definition) is 2. The zero-order valence-electron chi connectivity index (χ0n) is 14.7. The Kier molecular flexibility index (Phi) is 9.07. The lowest BCUT2D eigenvalue weighted by molar-refractivity contribution is 0.0203. The lowest BCUT2D eigenvalue weighted by Crippen LogP contribution is -2.47. The van der Waals surface area contributed by atoms with Crippen LogP contribution in [-0.2, 0) is 14.2 Å². The maximum atomic E-state index is 5.87. The molecular weight excluding hydrogens is 421 g/mol. The van der Waals surface area contributed by atoms with Gasteiger partial charge in [-0.15, -0.1) is 24.0 Å². The van der Waals surface area contributed by atoms with E-state index in [1.54, 1.807) is 0 Å². The third kappa shape index (κ3) is 6.00. The Morgan fingerprint density at radius 2 is 2.04 bits per heavy atom. The minimum Gasteiger partial charge on any atom is -0.381 e. The van der Waals surface area contributed by atoms with Crippen LogP contribution in [0, 0.1) is 5.92 Å². The molecule has 3 rings (SSSR count). The second kappa shape index (κ2) is 10.8. The van der Waals surface area contributed by atoms with Crippen molar-refractivity contribution in [3.63, 3.8) is 0 Å². The van der Waals surface area contributed by atoms with Gasteiger partial charge in [0, 0.05) is 40.0 Å². The average molecular weight is 453 g/mol. The molecule has 3 aliphatic rings. The zero-order valence-corrected chi connectivity index (χ0v) is 17.0. The summed E-state index contributed by atoms with van der Waals surface area (Å²) in [4.78, 5) is 4.31. The second-order valence-electron chi connectivity index (χ2n) is 6.84. The quantitative estimate of drug-likeness (QED) is 0.267. The van der Waals surface area contributed by atoms with Crippen LogP contribution in [0.25, 0.3) is 0 Å². The molecule has 24 heavy (non-hydrogen) atoms. The molecule has 2 bridgehead atoms. The molecule has 0 radical (unpaired) electrons. The Morgan fingerprint density at radius 3 is 2.71 bits per heavy atom. The summed E-state index contributed by atoms with van der Waals surface area (Å²) in [5, 5.41) is 6.88. The molecule has 3 unspecified atom stereocenters. The Balaban J connectivity index is 0.00000208. The van der Waals surface area contributed by atoms with E-state index in [-0.39, 0.29) is 24.0 Å². The molecule has 2 N–H and O–H groups in total. The molecule has 0 aromatic heterocycles. The highest BCUT2D eigenvalue weighted by Gasteiger charge is 2.41. The van der Waals surface area contributed by atoms with E-state index in [1.807, 2.05) is 7.05 Å². The maximum Gasteiger partial charge on any atom is 0.191 e. The van der Waals surface area contributed by atoms with E-state index in [1.165, 1.54) is 12.8 Å². The fraction of sp³-hybridized carbons (Fsp3) is 0.941. The maximum absolute atomic E-state index is 5.87. The van der Waals surface area contributed by atoms with Gasteiger partial charge in [-0.2, -0.15) is 0 Å². The molecule has 0 saturated carbocycles. The highest BCUT2D eigenvalue weighted by atomic mass is 127. The Bertz CT molecular complexity index is 391. The molecule has 3 aliphatic heterocycles. The van der Waals surface area contributed by atoms with Crippen LogP contribution in [0.15, 0.2) is 4.99 Å². The molecule has 3 heterocycles. The van der Waals surface area contributed by atoms with Crippen molar-refractivity contribution in [2.45, 2.75) is 56.8 Å². The summed E-state index contributed by atoms with van der Waals surface area (Å²) >= 11 is 0. The Labute approximate surface area is 162 Å². The van der Waals surface area contributed by atoms with Crippen molar-refractivity contribution < 1.29 is 14.2 Å². The average Bonchev–Trinajstić information content (AvgIpc) is 3.20. The first kappa shape index (κ1) is 20.2. The van der Waals surface area contributed by atoms with Gasteiger partial charge in [-0.3, -0.25) is 4.99 Å². The molecule has 0 amide bonds. The fourth-order valence-electron chi connectivity index (χ4n) is 3.70. The largest absolute Gasteiger partial charge is 0.381 e. The van der Waals surface area contributed by atoms with Gasteiger partial charge >= 0.3 is 0 Å². The van der Waals surface area contributed by atoms with Gasteiger partial charge in [0.15, 0.2) is 5.96 Å². The predicted octanol–water partition coefficient (Wildman–Crippen LogP) is 1.92. The second-order valence-corrected chi connectivity index (χ2v) is 6.84. The molecule has 140 valence electrons. The first-order chi connectivity index (χ1) is 11.3. The summed E-state index contributed by atoms with van der Waals surface area (Å²) in [5.41, 5.74) is 0. The molecule has 0 aromatic rings. The van der Waals surface area contributed by atoms with E-state index in [0.29, 0.717) is 24.2 Å². The number of fused-ring (bicyclic) bond motifs is 2. The van der Waals surface area contributed by atoms with E-state index >= 15 is 0 Å². The van der Waals surface area contributed by atoms with E-state index in [4.69, 9.17) is 14.2 Å². The van der Waals surface area contributed by atoms with Crippen LogP contribution in [0.2, 0.25) is 0 Å². The van der Waals surface area contributed by atoms with Crippen LogP contribution < -0.4 is 10.6 Å². The number of ether oxygens (including phenoxy) is 3. The number of guanidine groups is 1. The summed E-state index contributed by atoms with van der Waals surface area (Å²) in [7, 11) is 1.82. The van der Waals surface area contributed by atoms with Crippen molar-refractivity contribution in [2.24, 2.45) is 10.9 Å². The Hall–Kier alpha value is -0.120. The van der Waals surface area contributed by atoms with Crippen LogP contribution in [0.1, 0.15) is 38.5 Å². The first-order valence-electron chi connectivity index (χ1n) is 9.13. The molecular formula is C17H32IN3O3. The van der Waals surface area contributed by atoms with Gasteiger partial charge in [-0.25, -0.2) is 0 Å². The van der Waals surface area contributed by atoms with Gasteiger partial charge in [0.05, 0.1) is 18.2 Å². The topological polar surface area (TPSA) is 64.1 Å². The van der Waals surface area contributed by atoms with E-state index in [9.17, 15) is 0 Å². The summed E-state index contributed by atoms with van der Waals surface area (Å²) < 4.78 is 17.0. The number of hydrogen-bond acceptors (Lipinski definition) is 4. The summed E-state index contributed by atoms with van der Waals surface area (Å²) in [6, 6.07) is 0.421. The van der Waals surface area contributed by atoms with Crippen molar-refractivity contribution in [2.75, 3.05) is 40.0 Å². The molecule has 7 heteroatoms. The van der Waals surface area contributed by atoms with Crippen LogP contribution in [0.4, 0.5) is 0 Å². The smallest absolute Gasteiger partial charge is 0.191 e. The SMILES string of the molecule is CN=C(NCCCOCC1CCOCC1)NC1CC2CCC1O2.I. The van der Waals surface area contributed by atoms with Crippen molar-refractivity contribution in [1.82, 2.24) is 10.6 Å². The van der Waals surface area contributed by atoms with Crippen LogP contribution in [0.5, 0.6) is 0 Å². The minimum atomic E-state index is 0. The number of rotatable bonds is 7. The van der Waals surface area contributed by atoms with Gasteiger partial charge in [0.2, 0.25) is 0 Å². The fourth-order valence-corrected chi connectivity index (χ4v) is 3.70.